The summed E-state index contributed by atoms with van der Waals surface area (Å²) >= 11 is 0. The maximum absolute atomic E-state index is 11.8. The Balaban J connectivity index is 1.59. The van der Waals surface area contributed by atoms with Crippen molar-refractivity contribution >= 4 is 32.3 Å². The normalized spacial score (nSPS) is 16.7. The van der Waals surface area contributed by atoms with Crippen molar-refractivity contribution in [3.8, 4) is 0 Å². The van der Waals surface area contributed by atoms with Crippen LogP contribution in [0.5, 0.6) is 0 Å². The number of fused-ring (bicyclic) bond motifs is 1. The van der Waals surface area contributed by atoms with Crippen LogP contribution in [-0.2, 0) is 21.5 Å². The fourth-order valence-corrected chi connectivity index (χ4v) is 3.98. The molecule has 0 spiro atoms. The van der Waals surface area contributed by atoms with E-state index in [1.165, 1.54) is 6.07 Å². The second-order valence-corrected chi connectivity index (χ2v) is 8.36. The van der Waals surface area contributed by atoms with Gasteiger partial charge in [0.05, 0.1) is 24.1 Å². The maximum atomic E-state index is 11.8. The van der Waals surface area contributed by atoms with Gasteiger partial charge in [0.2, 0.25) is 0 Å². The van der Waals surface area contributed by atoms with Crippen LogP contribution in [0.4, 0.5) is 11.4 Å². The van der Waals surface area contributed by atoms with Gasteiger partial charge in [0, 0.05) is 23.2 Å². The van der Waals surface area contributed by atoms with Crippen LogP contribution in [0.2, 0.25) is 0 Å². The molecule has 1 aromatic heterocycles. The first-order valence-electron chi connectivity index (χ1n) is 9.51. The first kappa shape index (κ1) is 20.9. The molecular formula is C22H20N4O4S. The summed E-state index contributed by atoms with van der Waals surface area (Å²) < 4.78 is 39.2. The number of nitrogens with zero attached hydrogens (tertiary/aromatic N) is 3. The second kappa shape index (κ2) is 8.76. The molecule has 0 amide bonds. The predicted molar refractivity (Wildman–Crippen MR) is 117 cm³/mol. The van der Waals surface area contributed by atoms with Gasteiger partial charge in [-0.2, -0.15) is 13.5 Å². The third kappa shape index (κ3) is 4.85. The van der Waals surface area contributed by atoms with Gasteiger partial charge in [0.1, 0.15) is 10.6 Å². The van der Waals surface area contributed by atoms with Gasteiger partial charge in [-0.3, -0.25) is 9.54 Å². The number of benzene rings is 2. The molecule has 1 aliphatic carbocycles. The summed E-state index contributed by atoms with van der Waals surface area (Å²) in [7, 11) is -4.47. The number of pyridine rings is 1. The van der Waals surface area contributed by atoms with E-state index in [4.69, 9.17) is 10.5 Å². The smallest absolute Gasteiger partial charge is 0.295 e. The zero-order chi connectivity index (χ0) is 21.8. The summed E-state index contributed by atoms with van der Waals surface area (Å²) in [6.07, 6.45) is 9.53. The highest BCUT2D eigenvalue weighted by atomic mass is 32.2. The number of azo groups is 1. The standard InChI is InChI=1S/C22H20N4O4S/c23-22-19-9-2-1-8-18(19)21(31(27,28)29)12-20(22)26-25-16-6-3-7-17(11-16)30-14-15-5-4-10-24-13-15/h1-6,8-13,17H,7,14,23H2,(H,27,28,29). The number of hydrogen-bond acceptors (Lipinski definition) is 7. The minimum absolute atomic E-state index is 0.152. The minimum atomic E-state index is -4.47. The maximum Gasteiger partial charge on any atom is 0.295 e. The second-order valence-electron chi connectivity index (χ2n) is 6.97. The van der Waals surface area contributed by atoms with Gasteiger partial charge in [-0.25, -0.2) is 0 Å². The van der Waals surface area contributed by atoms with Crippen LogP contribution in [0.1, 0.15) is 12.0 Å². The van der Waals surface area contributed by atoms with E-state index in [-0.39, 0.29) is 22.4 Å². The molecular weight excluding hydrogens is 416 g/mol. The molecule has 1 aliphatic rings. The van der Waals surface area contributed by atoms with Crippen LogP contribution in [0.3, 0.4) is 0 Å². The summed E-state index contributed by atoms with van der Waals surface area (Å²) in [4.78, 5) is 3.80. The van der Waals surface area contributed by atoms with Crippen molar-refractivity contribution in [3.05, 3.63) is 84.3 Å². The van der Waals surface area contributed by atoms with E-state index >= 15 is 0 Å². The molecule has 9 heteroatoms. The molecule has 4 rings (SSSR count). The van der Waals surface area contributed by atoms with Crippen LogP contribution < -0.4 is 5.73 Å². The molecule has 3 N–H and O–H groups in total. The number of aromatic nitrogens is 1. The van der Waals surface area contributed by atoms with Gasteiger partial charge >= 0.3 is 0 Å². The topological polar surface area (TPSA) is 127 Å². The van der Waals surface area contributed by atoms with Crippen molar-refractivity contribution in [2.45, 2.75) is 24.0 Å². The largest absolute Gasteiger partial charge is 0.396 e. The summed E-state index contributed by atoms with van der Waals surface area (Å²) in [5.41, 5.74) is 8.14. The van der Waals surface area contributed by atoms with Gasteiger partial charge < -0.3 is 10.5 Å². The van der Waals surface area contributed by atoms with E-state index < -0.39 is 10.1 Å². The Bertz CT molecular complexity index is 1300. The summed E-state index contributed by atoms with van der Waals surface area (Å²) in [5, 5.41) is 9.14. The molecule has 1 heterocycles. The summed E-state index contributed by atoms with van der Waals surface area (Å²) in [6, 6.07) is 11.6. The van der Waals surface area contributed by atoms with Gasteiger partial charge in [-0.1, -0.05) is 36.4 Å². The van der Waals surface area contributed by atoms with Crippen molar-refractivity contribution in [1.29, 1.82) is 0 Å². The molecule has 2 aromatic carbocycles. The molecule has 0 radical (unpaired) electrons. The molecule has 0 fully saturated rings. The molecule has 0 bridgehead atoms. The molecule has 0 saturated heterocycles. The van der Waals surface area contributed by atoms with Crippen molar-refractivity contribution in [1.82, 2.24) is 4.98 Å². The lowest BCUT2D eigenvalue weighted by atomic mass is 10.1. The third-order valence-electron chi connectivity index (χ3n) is 4.78. The van der Waals surface area contributed by atoms with E-state index in [1.54, 1.807) is 42.7 Å². The van der Waals surface area contributed by atoms with E-state index in [2.05, 4.69) is 15.2 Å². The Morgan fingerprint density at radius 1 is 1.16 bits per heavy atom. The van der Waals surface area contributed by atoms with E-state index in [0.29, 0.717) is 29.5 Å². The SMILES string of the molecule is Nc1c(N=NC2=CC(OCc3cccnc3)CC=C2)cc(S(=O)(=O)O)c2ccccc12. The minimum Gasteiger partial charge on any atom is -0.396 e. The van der Waals surface area contributed by atoms with Crippen LogP contribution in [0, 0.1) is 0 Å². The molecule has 8 nitrogen and oxygen atoms in total. The lowest BCUT2D eigenvalue weighted by molar-refractivity contribution is 0.0725. The number of nitrogens with two attached hydrogens (primary N) is 1. The first-order chi connectivity index (χ1) is 14.9. The fourth-order valence-electron chi connectivity index (χ4n) is 3.26. The van der Waals surface area contributed by atoms with E-state index in [1.807, 2.05) is 24.3 Å². The van der Waals surface area contributed by atoms with Crippen molar-refractivity contribution in [2.75, 3.05) is 5.73 Å². The average Bonchev–Trinajstić information content (AvgIpc) is 2.77. The zero-order valence-electron chi connectivity index (χ0n) is 16.4. The highest BCUT2D eigenvalue weighted by molar-refractivity contribution is 7.86. The number of allylic oxidation sites excluding steroid dienone is 1. The number of ether oxygens (including phenoxy) is 1. The van der Waals surface area contributed by atoms with Gasteiger partial charge in [0.25, 0.3) is 10.1 Å². The Morgan fingerprint density at radius 3 is 2.71 bits per heavy atom. The van der Waals surface area contributed by atoms with Crippen LogP contribution in [-0.4, -0.2) is 24.1 Å². The number of nitrogen functional groups attached to an aromatic ring is 1. The summed E-state index contributed by atoms with van der Waals surface area (Å²) in [5.74, 6) is 0. The summed E-state index contributed by atoms with van der Waals surface area (Å²) in [6.45, 7) is 0.419. The Hall–Kier alpha value is -3.40. The Kier molecular flexibility index (Phi) is 5.90. The van der Waals surface area contributed by atoms with Crippen molar-refractivity contribution < 1.29 is 17.7 Å². The Morgan fingerprint density at radius 2 is 1.97 bits per heavy atom. The molecule has 3 aromatic rings. The highest BCUT2D eigenvalue weighted by Crippen LogP contribution is 2.36. The molecule has 1 atom stereocenters. The van der Waals surface area contributed by atoms with E-state index in [9.17, 15) is 13.0 Å². The third-order valence-corrected chi connectivity index (χ3v) is 5.67. The monoisotopic (exact) mass is 436 g/mol. The van der Waals surface area contributed by atoms with E-state index in [0.717, 1.165) is 5.56 Å². The number of rotatable bonds is 6. The average molecular weight is 436 g/mol. The van der Waals surface area contributed by atoms with Gasteiger partial charge in [-0.15, -0.1) is 5.11 Å². The lowest BCUT2D eigenvalue weighted by Gasteiger charge is -2.15. The van der Waals surface area contributed by atoms with Crippen molar-refractivity contribution in [3.63, 3.8) is 0 Å². The number of anilines is 1. The predicted octanol–water partition coefficient (Wildman–Crippen LogP) is 4.58. The fraction of sp³-hybridized carbons (Fsp3) is 0.136. The molecule has 158 valence electrons. The highest BCUT2D eigenvalue weighted by Gasteiger charge is 2.18. The van der Waals surface area contributed by atoms with Gasteiger partial charge in [-0.05, 0) is 36.3 Å². The first-order valence-corrected chi connectivity index (χ1v) is 10.9. The van der Waals surface area contributed by atoms with Gasteiger partial charge in [0.15, 0.2) is 0 Å². The molecule has 0 aliphatic heterocycles. The molecule has 1 unspecified atom stereocenters. The van der Waals surface area contributed by atoms with Crippen LogP contribution in [0.25, 0.3) is 10.8 Å². The molecule has 0 saturated carbocycles. The van der Waals surface area contributed by atoms with Crippen LogP contribution >= 0.6 is 0 Å². The Labute approximate surface area is 179 Å². The molecule has 31 heavy (non-hydrogen) atoms. The van der Waals surface area contributed by atoms with Crippen molar-refractivity contribution in [2.24, 2.45) is 10.2 Å². The number of hydrogen-bond donors (Lipinski definition) is 2. The lowest BCUT2D eigenvalue weighted by Crippen LogP contribution is -2.11. The quantitative estimate of drug-likeness (QED) is 0.331. The van der Waals surface area contributed by atoms with Crippen LogP contribution in [0.15, 0.2) is 93.9 Å². The zero-order valence-corrected chi connectivity index (χ0v) is 17.2.